The van der Waals surface area contributed by atoms with Gasteiger partial charge in [0.15, 0.2) is 5.78 Å². The van der Waals surface area contributed by atoms with Crippen molar-refractivity contribution in [1.82, 2.24) is 0 Å². The molecule has 0 aromatic heterocycles. The molecule has 2 aromatic rings. The second kappa shape index (κ2) is 5.12. The fourth-order valence-corrected chi connectivity index (χ4v) is 2.13. The number of hydrogen-bond acceptors (Lipinski definition) is 2. The highest BCUT2D eigenvalue weighted by atomic mass is 79.9. The van der Waals surface area contributed by atoms with Gasteiger partial charge < -0.3 is 5.73 Å². The van der Waals surface area contributed by atoms with E-state index >= 15 is 0 Å². The molecule has 2 rings (SSSR count). The van der Waals surface area contributed by atoms with Gasteiger partial charge in [0.1, 0.15) is 0 Å². The van der Waals surface area contributed by atoms with Gasteiger partial charge in [-0.1, -0.05) is 23.7 Å². The van der Waals surface area contributed by atoms with Crippen LogP contribution in [0.4, 0.5) is 5.69 Å². The van der Waals surface area contributed by atoms with E-state index in [1.54, 1.807) is 30.3 Å². The van der Waals surface area contributed by atoms with Crippen LogP contribution in [0, 0.1) is 6.92 Å². The lowest BCUT2D eigenvalue weighted by atomic mass is 10.0. The number of carbonyl (C=O) groups is 1. The van der Waals surface area contributed by atoms with Gasteiger partial charge >= 0.3 is 0 Å². The Morgan fingerprint density at radius 3 is 2.39 bits per heavy atom. The van der Waals surface area contributed by atoms with Gasteiger partial charge in [-0.15, -0.1) is 0 Å². The molecular formula is C14H11BrClNO. The summed E-state index contributed by atoms with van der Waals surface area (Å²) < 4.78 is 0.714. The number of aryl methyl sites for hydroxylation is 1. The molecule has 0 heterocycles. The molecule has 2 aromatic carbocycles. The Bertz CT molecular complexity index is 572. The molecule has 0 unspecified atom stereocenters. The molecule has 2 nitrogen and oxygen atoms in total. The van der Waals surface area contributed by atoms with E-state index in [1.807, 2.05) is 13.0 Å². The van der Waals surface area contributed by atoms with Crippen molar-refractivity contribution in [3.8, 4) is 0 Å². The first-order valence-corrected chi connectivity index (χ1v) is 6.52. The molecule has 18 heavy (non-hydrogen) atoms. The first-order chi connectivity index (χ1) is 8.49. The van der Waals surface area contributed by atoms with Crippen molar-refractivity contribution in [2.24, 2.45) is 0 Å². The van der Waals surface area contributed by atoms with E-state index < -0.39 is 0 Å². The Labute approximate surface area is 119 Å². The van der Waals surface area contributed by atoms with Crippen LogP contribution in [0.1, 0.15) is 21.5 Å². The third-order valence-corrected chi connectivity index (χ3v) is 3.79. The van der Waals surface area contributed by atoms with Crippen LogP contribution in [-0.2, 0) is 0 Å². The topological polar surface area (TPSA) is 43.1 Å². The SMILES string of the molecule is Cc1ccc(C(=O)c2ccc(N)c(Br)c2)cc1Cl. The zero-order chi connectivity index (χ0) is 13.3. The van der Waals surface area contributed by atoms with Crippen LogP contribution in [0.25, 0.3) is 0 Å². The third-order valence-electron chi connectivity index (χ3n) is 2.70. The number of carbonyl (C=O) groups excluding carboxylic acids is 1. The van der Waals surface area contributed by atoms with Gasteiger partial charge in [-0.3, -0.25) is 4.79 Å². The number of benzene rings is 2. The lowest BCUT2D eigenvalue weighted by Crippen LogP contribution is -2.02. The lowest BCUT2D eigenvalue weighted by molar-refractivity contribution is 0.103. The molecule has 0 aliphatic carbocycles. The average molecular weight is 325 g/mol. The highest BCUT2D eigenvalue weighted by molar-refractivity contribution is 9.10. The minimum Gasteiger partial charge on any atom is -0.398 e. The van der Waals surface area contributed by atoms with Crippen LogP contribution in [-0.4, -0.2) is 5.78 Å². The van der Waals surface area contributed by atoms with Gasteiger partial charge in [0, 0.05) is 26.3 Å². The fourth-order valence-electron chi connectivity index (χ4n) is 1.57. The van der Waals surface area contributed by atoms with Crippen molar-refractivity contribution >= 4 is 39.0 Å². The maximum absolute atomic E-state index is 12.3. The number of halogens is 2. The summed E-state index contributed by atoms with van der Waals surface area (Å²) in [6.07, 6.45) is 0. The van der Waals surface area contributed by atoms with E-state index in [4.69, 9.17) is 17.3 Å². The van der Waals surface area contributed by atoms with Crippen molar-refractivity contribution in [3.63, 3.8) is 0 Å². The van der Waals surface area contributed by atoms with Crippen molar-refractivity contribution in [2.75, 3.05) is 5.73 Å². The molecule has 0 fully saturated rings. The summed E-state index contributed by atoms with van der Waals surface area (Å²) in [5.41, 5.74) is 8.40. The second-order valence-electron chi connectivity index (χ2n) is 4.03. The highest BCUT2D eigenvalue weighted by Gasteiger charge is 2.11. The Balaban J connectivity index is 2.41. The summed E-state index contributed by atoms with van der Waals surface area (Å²) in [5.74, 6) is -0.0717. The molecule has 2 N–H and O–H groups in total. The summed E-state index contributed by atoms with van der Waals surface area (Å²) in [4.78, 5) is 12.3. The highest BCUT2D eigenvalue weighted by Crippen LogP contribution is 2.23. The second-order valence-corrected chi connectivity index (χ2v) is 5.29. The van der Waals surface area contributed by atoms with E-state index in [0.29, 0.717) is 26.3 Å². The zero-order valence-corrected chi connectivity index (χ0v) is 12.0. The van der Waals surface area contributed by atoms with Crippen LogP contribution in [0.15, 0.2) is 40.9 Å². The first-order valence-electron chi connectivity index (χ1n) is 5.35. The molecule has 0 aliphatic heterocycles. The van der Waals surface area contributed by atoms with Gasteiger partial charge in [0.25, 0.3) is 0 Å². The predicted molar refractivity (Wildman–Crippen MR) is 78.2 cm³/mol. The summed E-state index contributed by atoms with van der Waals surface area (Å²) >= 11 is 9.33. The number of nitrogen functional groups attached to an aromatic ring is 1. The molecule has 4 heteroatoms. The largest absolute Gasteiger partial charge is 0.398 e. The molecule has 92 valence electrons. The third kappa shape index (κ3) is 2.57. The Morgan fingerprint density at radius 1 is 1.17 bits per heavy atom. The number of rotatable bonds is 2. The summed E-state index contributed by atoms with van der Waals surface area (Å²) in [6, 6.07) is 10.4. The molecular weight excluding hydrogens is 314 g/mol. The maximum atomic E-state index is 12.3. The zero-order valence-electron chi connectivity index (χ0n) is 9.71. The van der Waals surface area contributed by atoms with E-state index in [9.17, 15) is 4.79 Å². The summed E-state index contributed by atoms with van der Waals surface area (Å²) in [7, 11) is 0. The van der Waals surface area contributed by atoms with Crippen molar-refractivity contribution in [3.05, 3.63) is 62.6 Å². The van der Waals surface area contributed by atoms with Gasteiger partial charge in [-0.25, -0.2) is 0 Å². The molecule has 0 amide bonds. The van der Waals surface area contributed by atoms with Gasteiger partial charge in [0.05, 0.1) is 0 Å². The maximum Gasteiger partial charge on any atom is 0.193 e. The fraction of sp³-hybridized carbons (Fsp3) is 0.0714. The van der Waals surface area contributed by atoms with Crippen LogP contribution in [0.2, 0.25) is 5.02 Å². The molecule has 0 atom stereocenters. The minimum atomic E-state index is -0.0717. The molecule has 0 bridgehead atoms. The van der Waals surface area contributed by atoms with Crippen LogP contribution in [0.3, 0.4) is 0 Å². The Morgan fingerprint density at radius 2 is 1.78 bits per heavy atom. The standard InChI is InChI=1S/C14H11BrClNO/c1-8-2-3-10(7-12(8)16)14(18)9-4-5-13(17)11(15)6-9/h2-7H,17H2,1H3. The van der Waals surface area contributed by atoms with E-state index in [2.05, 4.69) is 15.9 Å². The number of nitrogens with two attached hydrogens (primary N) is 1. The summed E-state index contributed by atoms with van der Waals surface area (Å²) in [6.45, 7) is 1.90. The van der Waals surface area contributed by atoms with Crippen LogP contribution in [0.5, 0.6) is 0 Å². The monoisotopic (exact) mass is 323 g/mol. The number of hydrogen-bond donors (Lipinski definition) is 1. The van der Waals surface area contributed by atoms with E-state index in [0.717, 1.165) is 5.56 Å². The molecule has 0 saturated carbocycles. The number of anilines is 1. The average Bonchev–Trinajstić information content (AvgIpc) is 2.35. The van der Waals surface area contributed by atoms with Crippen molar-refractivity contribution in [2.45, 2.75) is 6.92 Å². The Kier molecular flexibility index (Phi) is 3.73. The smallest absolute Gasteiger partial charge is 0.193 e. The molecule has 0 saturated heterocycles. The normalized spacial score (nSPS) is 10.4. The number of ketones is 1. The molecule has 0 aliphatic rings. The van der Waals surface area contributed by atoms with Gasteiger partial charge in [-0.05, 0) is 52.7 Å². The van der Waals surface area contributed by atoms with Crippen LogP contribution < -0.4 is 5.73 Å². The van der Waals surface area contributed by atoms with E-state index in [1.165, 1.54) is 0 Å². The predicted octanol–water partition coefficient (Wildman–Crippen LogP) is 4.22. The van der Waals surface area contributed by atoms with Crippen molar-refractivity contribution in [1.29, 1.82) is 0 Å². The molecule has 0 spiro atoms. The van der Waals surface area contributed by atoms with Gasteiger partial charge in [-0.2, -0.15) is 0 Å². The first kappa shape index (κ1) is 13.1. The lowest BCUT2D eigenvalue weighted by Gasteiger charge is -2.05. The van der Waals surface area contributed by atoms with Crippen LogP contribution >= 0.6 is 27.5 Å². The van der Waals surface area contributed by atoms with Gasteiger partial charge in [0.2, 0.25) is 0 Å². The molecule has 0 radical (unpaired) electrons. The quantitative estimate of drug-likeness (QED) is 0.664. The van der Waals surface area contributed by atoms with Crippen molar-refractivity contribution < 1.29 is 4.79 Å². The summed E-state index contributed by atoms with van der Waals surface area (Å²) in [5, 5.41) is 0.593. The minimum absolute atomic E-state index is 0.0717. The Hall–Kier alpha value is -1.32. The van der Waals surface area contributed by atoms with E-state index in [-0.39, 0.29) is 5.78 Å².